The number of fused-ring (bicyclic) bond motifs is 4. The first-order valence-corrected chi connectivity index (χ1v) is 13.3. The Bertz CT molecular complexity index is 1720. The highest BCUT2D eigenvalue weighted by atomic mass is 16.5. The largest absolute Gasteiger partial charge is 0.508 e. The topological polar surface area (TPSA) is 208 Å². The summed E-state index contributed by atoms with van der Waals surface area (Å²) >= 11 is 0. The quantitative estimate of drug-likeness (QED) is 0.207. The molecule has 11 heteroatoms. The van der Waals surface area contributed by atoms with Crippen LogP contribution in [0.25, 0.3) is 10.8 Å². The maximum absolute atomic E-state index is 14.1. The van der Waals surface area contributed by atoms with Gasteiger partial charge in [0.1, 0.15) is 34.5 Å². The predicted octanol–water partition coefficient (Wildman–Crippen LogP) is 1.78. The van der Waals surface area contributed by atoms with Gasteiger partial charge in [-0.05, 0) is 37.2 Å². The minimum Gasteiger partial charge on any atom is -0.508 e. The van der Waals surface area contributed by atoms with E-state index in [1.807, 2.05) is 6.92 Å². The minimum absolute atomic E-state index is 0.138. The number of aliphatic hydroxyl groups excluding tert-OH is 2. The van der Waals surface area contributed by atoms with Crippen molar-refractivity contribution in [3.63, 3.8) is 0 Å². The van der Waals surface area contributed by atoms with E-state index in [9.17, 15) is 45.0 Å². The van der Waals surface area contributed by atoms with Crippen molar-refractivity contribution >= 4 is 28.2 Å². The molecule has 41 heavy (non-hydrogen) atoms. The van der Waals surface area contributed by atoms with Crippen LogP contribution < -0.4 is 10.5 Å². The van der Waals surface area contributed by atoms with Crippen LogP contribution >= 0.6 is 0 Å². The Labute approximate surface area is 234 Å². The lowest BCUT2D eigenvalue weighted by Crippen LogP contribution is -2.69. The van der Waals surface area contributed by atoms with Crippen molar-refractivity contribution in [3.8, 4) is 17.2 Å². The molecule has 11 nitrogen and oxygen atoms in total. The molecule has 0 saturated heterocycles. The second-order valence-corrected chi connectivity index (χ2v) is 12.3. The molecule has 0 saturated carbocycles. The Hall–Kier alpha value is -3.93. The third kappa shape index (κ3) is 2.76. The third-order valence-electron chi connectivity index (χ3n) is 10.2. The van der Waals surface area contributed by atoms with Crippen molar-refractivity contribution < 1.29 is 49.8 Å². The summed E-state index contributed by atoms with van der Waals surface area (Å²) in [4.78, 5) is 38.9. The summed E-state index contributed by atoms with van der Waals surface area (Å²) in [6, 6.07) is 1.33. The molecule has 0 bridgehead atoms. The number of carbonyl (C=O) groups is 3. The van der Waals surface area contributed by atoms with Crippen molar-refractivity contribution in [2.75, 3.05) is 7.11 Å². The molecule has 0 unspecified atom stereocenters. The first-order chi connectivity index (χ1) is 19.0. The van der Waals surface area contributed by atoms with E-state index < -0.39 is 80.4 Å². The van der Waals surface area contributed by atoms with Gasteiger partial charge in [0.25, 0.3) is 5.91 Å². The van der Waals surface area contributed by atoms with Crippen molar-refractivity contribution in [1.29, 1.82) is 0 Å². The number of ether oxygens (including phenoxy) is 1. The number of aliphatic hydroxyl groups is 4. The zero-order chi connectivity index (χ0) is 30.2. The van der Waals surface area contributed by atoms with E-state index in [0.717, 1.165) is 18.4 Å². The van der Waals surface area contributed by atoms with Gasteiger partial charge < -0.3 is 41.1 Å². The number of methoxy groups -OCH3 is 1. The van der Waals surface area contributed by atoms with Crippen molar-refractivity contribution in [3.05, 3.63) is 51.3 Å². The van der Waals surface area contributed by atoms with Gasteiger partial charge in [-0.1, -0.05) is 25.5 Å². The minimum atomic E-state index is -3.41. The van der Waals surface area contributed by atoms with Crippen LogP contribution in [0.1, 0.15) is 73.2 Å². The number of hydrogen-bond acceptors (Lipinski definition) is 10. The Morgan fingerprint density at radius 3 is 2.34 bits per heavy atom. The molecular formula is C30H31NO10. The number of phenols is 2. The maximum atomic E-state index is 14.1. The second kappa shape index (κ2) is 7.87. The number of primary amides is 1. The average molecular weight is 566 g/mol. The normalized spacial score (nSPS) is 31.8. The zero-order valence-electron chi connectivity index (χ0n) is 23.0. The number of ketones is 2. The summed E-state index contributed by atoms with van der Waals surface area (Å²) in [5.74, 6) is -6.54. The maximum Gasteiger partial charge on any atom is 0.255 e. The van der Waals surface area contributed by atoms with Gasteiger partial charge in [0.15, 0.2) is 11.5 Å². The summed E-state index contributed by atoms with van der Waals surface area (Å²) in [7, 11) is 1.44. The molecule has 1 spiro atoms. The van der Waals surface area contributed by atoms with Gasteiger partial charge in [-0.3, -0.25) is 14.4 Å². The molecule has 4 atom stereocenters. The molecule has 0 aliphatic heterocycles. The fourth-order valence-corrected chi connectivity index (χ4v) is 8.11. The molecule has 4 aliphatic carbocycles. The summed E-state index contributed by atoms with van der Waals surface area (Å²) in [6.45, 7) is 6.10. The average Bonchev–Trinajstić information content (AvgIpc) is 3.24. The Morgan fingerprint density at radius 2 is 1.76 bits per heavy atom. The number of rotatable bonds is 2. The lowest BCUT2D eigenvalue weighted by Gasteiger charge is -2.51. The number of hydrogen-bond donors (Lipinski definition) is 7. The Balaban J connectivity index is 1.79. The van der Waals surface area contributed by atoms with Gasteiger partial charge in [-0.2, -0.15) is 0 Å². The van der Waals surface area contributed by atoms with E-state index in [2.05, 4.69) is 19.9 Å². The van der Waals surface area contributed by atoms with Crippen LogP contribution in [-0.4, -0.2) is 66.4 Å². The summed E-state index contributed by atoms with van der Waals surface area (Å²) < 4.78 is 5.73. The molecule has 2 aromatic carbocycles. The molecule has 8 N–H and O–H groups in total. The van der Waals surface area contributed by atoms with Gasteiger partial charge in [0.2, 0.25) is 11.4 Å². The molecule has 216 valence electrons. The molecule has 4 aliphatic rings. The van der Waals surface area contributed by atoms with E-state index in [0.29, 0.717) is 22.3 Å². The summed E-state index contributed by atoms with van der Waals surface area (Å²) in [5.41, 5.74) is -2.49. The smallest absolute Gasteiger partial charge is 0.255 e. The molecule has 0 fully saturated rings. The molecule has 0 aromatic heterocycles. The van der Waals surface area contributed by atoms with Crippen molar-refractivity contribution in [2.24, 2.45) is 11.1 Å². The number of nitrogens with two attached hydrogens (primary N) is 1. The van der Waals surface area contributed by atoms with Crippen LogP contribution in [0.3, 0.4) is 0 Å². The van der Waals surface area contributed by atoms with E-state index >= 15 is 0 Å². The van der Waals surface area contributed by atoms with Crippen LogP contribution in [0.5, 0.6) is 17.2 Å². The van der Waals surface area contributed by atoms with Crippen molar-refractivity contribution in [1.82, 2.24) is 0 Å². The van der Waals surface area contributed by atoms with Crippen molar-refractivity contribution in [2.45, 2.75) is 69.2 Å². The highest BCUT2D eigenvalue weighted by Gasteiger charge is 2.71. The molecule has 0 heterocycles. The van der Waals surface area contributed by atoms with Gasteiger partial charge >= 0.3 is 0 Å². The van der Waals surface area contributed by atoms with Gasteiger partial charge in [0, 0.05) is 34.4 Å². The Morgan fingerprint density at radius 1 is 1.10 bits per heavy atom. The van der Waals surface area contributed by atoms with E-state index in [1.165, 1.54) is 13.2 Å². The summed E-state index contributed by atoms with van der Waals surface area (Å²) in [5, 5.41) is 68.9. The standard InChI is InChI=1S/C30H31NO10/c1-11-6-5-7-27(2,3)28(11)9-12-16-18(13(32)8-15(41-4)21(16)28)22(34)20-17(12)23(35)29(39)10-14(33)19(26(31)38)24(36)30(29,40)25(20)37/h6,8,23,32,34-36,39-40H,5,7,9-10H2,1-4H3,(H2,31,38)/t23-,28-,29-,30-/m0/s1. The molecule has 2 aromatic rings. The number of allylic oxidation sites excluding steroid dienone is 2. The zero-order valence-corrected chi connectivity index (χ0v) is 23.0. The number of Topliss-reactive ketones (excluding diaryl/α,β-unsaturated/α-hetero) is 2. The third-order valence-corrected chi connectivity index (χ3v) is 10.2. The fraction of sp³-hybridized carbons (Fsp3) is 0.433. The molecule has 6 rings (SSSR count). The number of benzene rings is 2. The van der Waals surface area contributed by atoms with Gasteiger partial charge in [-0.15, -0.1) is 0 Å². The van der Waals surface area contributed by atoms with Crippen LogP contribution in [0.4, 0.5) is 0 Å². The number of phenolic OH excluding ortho intramolecular Hbond substituents is 2. The Kier molecular flexibility index (Phi) is 5.23. The lowest BCUT2D eigenvalue weighted by atomic mass is 9.54. The molecule has 0 radical (unpaired) electrons. The highest BCUT2D eigenvalue weighted by Crippen LogP contribution is 2.66. The molecule has 1 amide bonds. The second-order valence-electron chi connectivity index (χ2n) is 12.3. The first-order valence-electron chi connectivity index (χ1n) is 13.3. The van der Waals surface area contributed by atoms with Crippen LogP contribution in [-0.2, 0) is 21.4 Å². The van der Waals surface area contributed by atoms with Gasteiger partial charge in [-0.25, -0.2) is 0 Å². The van der Waals surface area contributed by atoms with Crippen LogP contribution in [0, 0.1) is 5.41 Å². The first kappa shape index (κ1) is 27.3. The van der Waals surface area contributed by atoms with Crippen LogP contribution in [0.2, 0.25) is 0 Å². The number of amides is 1. The van der Waals surface area contributed by atoms with Crippen LogP contribution in [0.15, 0.2) is 29.0 Å². The van der Waals surface area contributed by atoms with Gasteiger partial charge in [0.05, 0.1) is 18.1 Å². The fourth-order valence-electron chi connectivity index (χ4n) is 8.11. The number of carbonyl (C=O) groups excluding carboxylic acids is 3. The highest BCUT2D eigenvalue weighted by molar-refractivity contribution is 6.24. The van der Waals surface area contributed by atoms with E-state index in [4.69, 9.17) is 10.5 Å². The monoisotopic (exact) mass is 565 g/mol. The molecular weight excluding hydrogens is 534 g/mol. The van der Waals surface area contributed by atoms with E-state index in [-0.39, 0.29) is 17.4 Å². The van der Waals surface area contributed by atoms with E-state index in [1.54, 1.807) is 0 Å². The predicted molar refractivity (Wildman–Crippen MR) is 144 cm³/mol. The lowest BCUT2D eigenvalue weighted by molar-refractivity contribution is -0.193. The number of aromatic hydroxyl groups is 2. The SMILES string of the molecule is COc1cc(O)c2c(O)c3c(c4c2c1[C@]1(C4)C(C)=CCCC1(C)C)[C@H](O)[C@@]1(O)CC(=O)C(C(N)=O)=C(O)[C@]1(O)C3=O. The summed E-state index contributed by atoms with van der Waals surface area (Å²) in [6.07, 6.45) is 0.488.